The Labute approximate surface area is 106 Å². The molecule has 8 heteroatoms. The number of halogens is 1. The van der Waals surface area contributed by atoms with E-state index in [9.17, 15) is 19.3 Å². The second kappa shape index (κ2) is 4.48. The second-order valence-corrected chi connectivity index (χ2v) is 3.78. The molecule has 0 amide bonds. The van der Waals surface area contributed by atoms with E-state index in [-0.39, 0.29) is 11.4 Å². The van der Waals surface area contributed by atoms with Crippen molar-refractivity contribution in [1.82, 2.24) is 9.78 Å². The number of hydrogen-bond donors (Lipinski definition) is 1. The lowest BCUT2D eigenvalue weighted by molar-refractivity contribution is -0.387. The molecule has 0 unspecified atom stereocenters. The minimum Gasteiger partial charge on any atom is -0.476 e. The fourth-order valence-corrected chi connectivity index (χ4v) is 1.62. The van der Waals surface area contributed by atoms with Crippen LogP contribution in [-0.4, -0.2) is 25.8 Å². The number of aromatic carboxylic acids is 1. The number of carbonyl (C=O) groups is 1. The summed E-state index contributed by atoms with van der Waals surface area (Å²) in [5.74, 6) is -2.21. The quantitative estimate of drug-likeness (QED) is 0.675. The molecule has 0 atom stereocenters. The normalized spacial score (nSPS) is 10.4. The van der Waals surface area contributed by atoms with Gasteiger partial charge in [-0.05, 0) is 19.1 Å². The molecule has 0 bridgehead atoms. The fourth-order valence-electron chi connectivity index (χ4n) is 1.62. The molecule has 0 saturated heterocycles. The van der Waals surface area contributed by atoms with E-state index in [1.807, 2.05) is 0 Å². The molecule has 1 aromatic carbocycles. The van der Waals surface area contributed by atoms with Crippen LogP contribution >= 0.6 is 0 Å². The molecule has 2 aromatic rings. The number of carboxylic acids is 1. The highest BCUT2D eigenvalue weighted by molar-refractivity contribution is 5.85. The summed E-state index contributed by atoms with van der Waals surface area (Å²) >= 11 is 0. The number of rotatable bonds is 3. The molecule has 0 fully saturated rings. The van der Waals surface area contributed by atoms with Crippen molar-refractivity contribution >= 4 is 11.7 Å². The molecule has 7 nitrogen and oxygen atoms in total. The topological polar surface area (TPSA) is 98.3 Å². The lowest BCUT2D eigenvalue weighted by Gasteiger charge is -2.04. The summed E-state index contributed by atoms with van der Waals surface area (Å²) in [6.45, 7) is 1.60. The minimum atomic E-state index is -1.20. The second-order valence-electron chi connectivity index (χ2n) is 3.78. The molecule has 98 valence electrons. The van der Waals surface area contributed by atoms with Crippen LogP contribution in [0.1, 0.15) is 16.2 Å². The van der Waals surface area contributed by atoms with Crippen LogP contribution < -0.4 is 0 Å². The first-order valence-electron chi connectivity index (χ1n) is 5.14. The van der Waals surface area contributed by atoms with Crippen molar-refractivity contribution in [3.63, 3.8) is 0 Å². The average Bonchev–Trinajstić information content (AvgIpc) is 2.71. The third-order valence-electron chi connectivity index (χ3n) is 2.48. The number of aromatic nitrogens is 2. The number of nitro groups is 1. The van der Waals surface area contributed by atoms with E-state index >= 15 is 0 Å². The van der Waals surface area contributed by atoms with Crippen molar-refractivity contribution in [1.29, 1.82) is 0 Å². The van der Waals surface area contributed by atoms with Crippen LogP contribution in [0.2, 0.25) is 0 Å². The van der Waals surface area contributed by atoms with Crippen LogP contribution in [0, 0.1) is 22.9 Å². The van der Waals surface area contributed by atoms with Crippen LogP contribution in [0.25, 0.3) is 5.69 Å². The summed E-state index contributed by atoms with van der Waals surface area (Å²) in [7, 11) is 0. The largest absolute Gasteiger partial charge is 0.476 e. The van der Waals surface area contributed by atoms with Crippen LogP contribution in [0.15, 0.2) is 24.3 Å². The van der Waals surface area contributed by atoms with Crippen LogP contribution in [-0.2, 0) is 0 Å². The zero-order chi connectivity index (χ0) is 14.2. The standard InChI is InChI=1S/C11H8FN3O4/c1-6-4-9(11(16)17)13-14(6)7-2-3-10(15(18)19)8(12)5-7/h2-5H,1H3,(H,16,17). The Kier molecular flexibility index (Phi) is 2.99. The van der Waals surface area contributed by atoms with Gasteiger partial charge in [0.05, 0.1) is 10.6 Å². The SMILES string of the molecule is Cc1cc(C(=O)O)nn1-c1ccc([N+](=O)[O-])c(F)c1. The Hall–Kier alpha value is -2.77. The number of hydrogen-bond acceptors (Lipinski definition) is 4. The molecule has 0 spiro atoms. The molecule has 0 aliphatic carbocycles. The smallest absolute Gasteiger partial charge is 0.356 e. The van der Waals surface area contributed by atoms with Crippen molar-refractivity contribution in [3.8, 4) is 5.69 Å². The third kappa shape index (κ3) is 2.28. The summed E-state index contributed by atoms with van der Waals surface area (Å²) in [5.41, 5.74) is -0.137. The maximum atomic E-state index is 13.5. The van der Waals surface area contributed by atoms with Gasteiger partial charge >= 0.3 is 11.7 Å². The molecule has 0 aliphatic heterocycles. The first kappa shape index (κ1) is 12.7. The van der Waals surface area contributed by atoms with Crippen LogP contribution in [0.3, 0.4) is 0 Å². The molecule has 0 aliphatic rings. The van der Waals surface area contributed by atoms with E-state index in [4.69, 9.17) is 5.11 Å². The Morgan fingerprint density at radius 3 is 2.63 bits per heavy atom. The molecule has 1 aromatic heterocycles. The summed E-state index contributed by atoms with van der Waals surface area (Å²) < 4.78 is 14.7. The van der Waals surface area contributed by atoms with Crippen molar-refractivity contribution in [2.75, 3.05) is 0 Å². The fraction of sp³-hybridized carbons (Fsp3) is 0.0909. The van der Waals surface area contributed by atoms with Gasteiger partial charge in [0.25, 0.3) is 0 Å². The van der Waals surface area contributed by atoms with Gasteiger partial charge in [0.1, 0.15) is 0 Å². The van der Waals surface area contributed by atoms with Crippen molar-refractivity contribution < 1.29 is 19.2 Å². The van der Waals surface area contributed by atoms with Gasteiger partial charge in [-0.1, -0.05) is 0 Å². The number of nitrogens with zero attached hydrogens (tertiary/aromatic N) is 3. The highest BCUT2D eigenvalue weighted by Crippen LogP contribution is 2.21. The Morgan fingerprint density at radius 2 is 2.16 bits per heavy atom. The van der Waals surface area contributed by atoms with Crippen molar-refractivity contribution in [2.45, 2.75) is 6.92 Å². The summed E-state index contributed by atoms with van der Waals surface area (Å²) in [4.78, 5) is 20.4. The predicted octanol–water partition coefficient (Wildman–Crippen LogP) is 1.93. The minimum absolute atomic E-state index is 0.184. The van der Waals surface area contributed by atoms with Gasteiger partial charge in [0, 0.05) is 17.8 Å². The zero-order valence-electron chi connectivity index (χ0n) is 9.70. The third-order valence-corrected chi connectivity index (χ3v) is 2.48. The van der Waals surface area contributed by atoms with Gasteiger partial charge < -0.3 is 5.11 Å². The van der Waals surface area contributed by atoms with E-state index in [2.05, 4.69) is 5.10 Å². The Balaban J connectivity index is 2.51. The van der Waals surface area contributed by atoms with Crippen LogP contribution in [0.4, 0.5) is 10.1 Å². The molecule has 0 saturated carbocycles. The molecule has 1 heterocycles. The van der Waals surface area contributed by atoms with Gasteiger partial charge in [0.2, 0.25) is 5.82 Å². The highest BCUT2D eigenvalue weighted by Gasteiger charge is 2.17. The highest BCUT2D eigenvalue weighted by atomic mass is 19.1. The Morgan fingerprint density at radius 1 is 1.47 bits per heavy atom. The van der Waals surface area contributed by atoms with E-state index in [1.165, 1.54) is 16.8 Å². The lowest BCUT2D eigenvalue weighted by atomic mass is 10.2. The van der Waals surface area contributed by atoms with E-state index in [1.54, 1.807) is 6.92 Å². The summed E-state index contributed by atoms with van der Waals surface area (Å²) in [6.07, 6.45) is 0. The van der Waals surface area contributed by atoms with E-state index in [0.717, 1.165) is 12.1 Å². The maximum absolute atomic E-state index is 13.5. The predicted molar refractivity (Wildman–Crippen MR) is 61.9 cm³/mol. The monoisotopic (exact) mass is 265 g/mol. The summed E-state index contributed by atoms with van der Waals surface area (Å²) in [5, 5.41) is 23.1. The average molecular weight is 265 g/mol. The molecular formula is C11H8FN3O4. The summed E-state index contributed by atoms with van der Waals surface area (Å²) in [6, 6.07) is 4.56. The van der Waals surface area contributed by atoms with Gasteiger partial charge in [-0.15, -0.1) is 0 Å². The number of aryl methyl sites for hydroxylation is 1. The van der Waals surface area contributed by atoms with Gasteiger partial charge in [0.15, 0.2) is 5.69 Å². The van der Waals surface area contributed by atoms with Crippen molar-refractivity contribution in [3.05, 3.63) is 51.6 Å². The van der Waals surface area contributed by atoms with Gasteiger partial charge in [-0.2, -0.15) is 9.49 Å². The van der Waals surface area contributed by atoms with Gasteiger partial charge in [-0.3, -0.25) is 10.1 Å². The first-order chi connectivity index (χ1) is 8.90. The van der Waals surface area contributed by atoms with Crippen molar-refractivity contribution in [2.24, 2.45) is 0 Å². The molecule has 19 heavy (non-hydrogen) atoms. The van der Waals surface area contributed by atoms with Crippen LogP contribution in [0.5, 0.6) is 0 Å². The lowest BCUT2D eigenvalue weighted by Crippen LogP contribution is -2.03. The number of benzene rings is 1. The Bertz CT molecular complexity index is 681. The maximum Gasteiger partial charge on any atom is 0.356 e. The molecule has 2 rings (SSSR count). The molecule has 0 radical (unpaired) electrons. The van der Waals surface area contributed by atoms with Gasteiger partial charge in [-0.25, -0.2) is 9.48 Å². The van der Waals surface area contributed by atoms with E-state index < -0.39 is 22.4 Å². The molecular weight excluding hydrogens is 257 g/mol. The zero-order valence-corrected chi connectivity index (χ0v) is 9.70. The number of nitro benzene ring substituents is 1. The molecule has 1 N–H and O–H groups in total. The number of carboxylic acid groups (broad SMARTS) is 1. The van der Waals surface area contributed by atoms with E-state index in [0.29, 0.717) is 5.69 Å². The first-order valence-corrected chi connectivity index (χ1v) is 5.14.